The van der Waals surface area contributed by atoms with Crippen molar-refractivity contribution in [2.45, 2.75) is 13.3 Å². The molecule has 0 radical (unpaired) electrons. The average molecular weight is 417 g/mol. The Labute approximate surface area is 172 Å². The number of amides is 2. The number of benzene rings is 2. The number of carbonyl (C=O) groups is 2. The molecule has 0 atom stereocenters. The molecule has 0 bridgehead atoms. The van der Waals surface area contributed by atoms with Crippen molar-refractivity contribution in [3.8, 4) is 0 Å². The third-order valence-corrected chi connectivity index (χ3v) is 5.65. The lowest BCUT2D eigenvalue weighted by molar-refractivity contribution is -0.122. The Bertz CT molecular complexity index is 943. The molecule has 7 heteroatoms. The summed E-state index contributed by atoms with van der Waals surface area (Å²) in [5, 5.41) is 3.41. The van der Waals surface area contributed by atoms with Gasteiger partial charge in [-0.05, 0) is 42.3 Å². The molecule has 1 saturated heterocycles. The first-order valence-electron chi connectivity index (χ1n) is 8.30. The van der Waals surface area contributed by atoms with Crippen molar-refractivity contribution >= 4 is 63.5 Å². The SMILES string of the molecule is Cc1cccc(NC(=O)CCN2C(=O)C(=Cc3ccccc3Cl)SC2=S)c1. The van der Waals surface area contributed by atoms with Crippen LogP contribution >= 0.6 is 35.6 Å². The molecule has 27 heavy (non-hydrogen) atoms. The van der Waals surface area contributed by atoms with E-state index in [0.717, 1.165) is 16.8 Å². The Morgan fingerprint density at radius 3 is 2.78 bits per heavy atom. The van der Waals surface area contributed by atoms with Crippen LogP contribution < -0.4 is 5.32 Å². The van der Waals surface area contributed by atoms with Crippen molar-refractivity contribution in [2.75, 3.05) is 11.9 Å². The van der Waals surface area contributed by atoms with Gasteiger partial charge < -0.3 is 5.32 Å². The molecular weight excluding hydrogens is 400 g/mol. The Kier molecular flexibility index (Phi) is 6.31. The summed E-state index contributed by atoms with van der Waals surface area (Å²) in [6, 6.07) is 14.9. The van der Waals surface area contributed by atoms with E-state index in [1.807, 2.05) is 49.4 Å². The number of aryl methyl sites for hydroxylation is 1. The summed E-state index contributed by atoms with van der Waals surface area (Å²) in [6.45, 7) is 2.20. The molecule has 2 amide bonds. The number of thioether (sulfide) groups is 1. The second-order valence-electron chi connectivity index (χ2n) is 6.02. The number of thiocarbonyl (C=S) groups is 1. The van der Waals surface area contributed by atoms with Gasteiger partial charge in [-0.1, -0.05) is 65.9 Å². The summed E-state index contributed by atoms with van der Waals surface area (Å²) >= 11 is 12.7. The fraction of sp³-hybridized carbons (Fsp3) is 0.150. The Morgan fingerprint density at radius 1 is 1.26 bits per heavy atom. The quantitative estimate of drug-likeness (QED) is 0.557. The molecule has 0 spiro atoms. The van der Waals surface area contributed by atoms with Crippen LogP contribution in [0.25, 0.3) is 6.08 Å². The number of anilines is 1. The Hall–Kier alpha value is -2.15. The maximum Gasteiger partial charge on any atom is 0.266 e. The zero-order chi connectivity index (χ0) is 19.4. The Morgan fingerprint density at radius 2 is 2.04 bits per heavy atom. The summed E-state index contributed by atoms with van der Waals surface area (Å²) in [6.07, 6.45) is 1.90. The second-order valence-corrected chi connectivity index (χ2v) is 8.11. The highest BCUT2D eigenvalue weighted by Crippen LogP contribution is 2.33. The van der Waals surface area contributed by atoms with Crippen molar-refractivity contribution in [1.82, 2.24) is 4.90 Å². The van der Waals surface area contributed by atoms with Crippen LogP contribution in [-0.4, -0.2) is 27.6 Å². The van der Waals surface area contributed by atoms with Gasteiger partial charge >= 0.3 is 0 Å². The average Bonchev–Trinajstić information content (AvgIpc) is 2.88. The van der Waals surface area contributed by atoms with Crippen LogP contribution in [0.15, 0.2) is 53.4 Å². The molecule has 1 aliphatic rings. The number of carbonyl (C=O) groups excluding carboxylic acids is 2. The van der Waals surface area contributed by atoms with Gasteiger partial charge in [0.25, 0.3) is 5.91 Å². The molecule has 0 aromatic heterocycles. The van der Waals surface area contributed by atoms with E-state index in [1.165, 1.54) is 16.7 Å². The van der Waals surface area contributed by atoms with Gasteiger partial charge in [0, 0.05) is 23.7 Å². The van der Waals surface area contributed by atoms with E-state index < -0.39 is 0 Å². The van der Waals surface area contributed by atoms with Crippen LogP contribution in [0, 0.1) is 6.92 Å². The van der Waals surface area contributed by atoms with Crippen LogP contribution in [0.5, 0.6) is 0 Å². The second kappa shape index (κ2) is 8.69. The molecule has 2 aromatic rings. The largest absolute Gasteiger partial charge is 0.326 e. The highest BCUT2D eigenvalue weighted by atomic mass is 35.5. The van der Waals surface area contributed by atoms with E-state index in [2.05, 4.69) is 5.32 Å². The van der Waals surface area contributed by atoms with Gasteiger partial charge in [-0.3, -0.25) is 14.5 Å². The highest BCUT2D eigenvalue weighted by Gasteiger charge is 2.32. The summed E-state index contributed by atoms with van der Waals surface area (Å²) in [4.78, 5) is 26.8. The molecular formula is C20H17ClN2O2S2. The summed E-state index contributed by atoms with van der Waals surface area (Å²) in [7, 11) is 0. The number of hydrogen-bond acceptors (Lipinski definition) is 4. The maximum atomic E-state index is 12.6. The predicted octanol–water partition coefficient (Wildman–Crippen LogP) is 4.88. The zero-order valence-electron chi connectivity index (χ0n) is 14.6. The van der Waals surface area contributed by atoms with E-state index in [4.69, 9.17) is 23.8 Å². The smallest absolute Gasteiger partial charge is 0.266 e. The molecule has 1 heterocycles. The number of halogens is 1. The highest BCUT2D eigenvalue weighted by molar-refractivity contribution is 8.26. The molecule has 1 fully saturated rings. The van der Waals surface area contributed by atoms with E-state index in [1.54, 1.807) is 12.1 Å². The van der Waals surface area contributed by atoms with Crippen molar-refractivity contribution in [1.29, 1.82) is 0 Å². The van der Waals surface area contributed by atoms with E-state index >= 15 is 0 Å². The van der Waals surface area contributed by atoms with Crippen LogP contribution in [-0.2, 0) is 9.59 Å². The molecule has 0 unspecified atom stereocenters. The fourth-order valence-corrected chi connectivity index (χ4v) is 4.08. The molecule has 1 N–H and O–H groups in total. The van der Waals surface area contributed by atoms with Crippen molar-refractivity contribution in [3.05, 3.63) is 69.6 Å². The molecule has 2 aromatic carbocycles. The molecule has 3 rings (SSSR count). The van der Waals surface area contributed by atoms with Crippen LogP contribution in [0.2, 0.25) is 5.02 Å². The van der Waals surface area contributed by atoms with Gasteiger partial charge in [-0.2, -0.15) is 0 Å². The van der Waals surface area contributed by atoms with Gasteiger partial charge in [0.2, 0.25) is 5.91 Å². The topological polar surface area (TPSA) is 49.4 Å². The van der Waals surface area contributed by atoms with E-state index in [0.29, 0.717) is 14.2 Å². The summed E-state index contributed by atoms with van der Waals surface area (Å²) < 4.78 is 0.446. The molecule has 4 nitrogen and oxygen atoms in total. The van der Waals surface area contributed by atoms with Gasteiger partial charge in [-0.15, -0.1) is 0 Å². The fourth-order valence-electron chi connectivity index (χ4n) is 2.59. The molecule has 0 saturated carbocycles. The number of hydrogen-bond donors (Lipinski definition) is 1. The molecule has 0 aliphatic carbocycles. The number of nitrogens with zero attached hydrogens (tertiary/aromatic N) is 1. The normalized spacial score (nSPS) is 15.5. The maximum absolute atomic E-state index is 12.6. The van der Waals surface area contributed by atoms with Crippen molar-refractivity contribution < 1.29 is 9.59 Å². The van der Waals surface area contributed by atoms with Gasteiger partial charge in [0.1, 0.15) is 4.32 Å². The third kappa shape index (κ3) is 4.97. The first-order chi connectivity index (χ1) is 12.9. The minimum atomic E-state index is -0.201. The molecule has 138 valence electrons. The standard InChI is InChI=1S/C20H17ClN2O2S2/c1-13-5-4-7-15(11-13)22-18(24)9-10-23-19(25)17(27-20(23)26)12-14-6-2-3-8-16(14)21/h2-8,11-12H,9-10H2,1H3,(H,22,24). The lowest BCUT2D eigenvalue weighted by Gasteiger charge is -2.14. The van der Waals surface area contributed by atoms with Crippen molar-refractivity contribution in [2.24, 2.45) is 0 Å². The first-order valence-corrected chi connectivity index (χ1v) is 9.91. The van der Waals surface area contributed by atoms with Gasteiger partial charge in [0.05, 0.1) is 4.91 Å². The monoisotopic (exact) mass is 416 g/mol. The number of rotatable bonds is 5. The lowest BCUT2D eigenvalue weighted by atomic mass is 10.2. The predicted molar refractivity (Wildman–Crippen MR) is 116 cm³/mol. The van der Waals surface area contributed by atoms with Crippen molar-refractivity contribution in [3.63, 3.8) is 0 Å². The van der Waals surface area contributed by atoms with Gasteiger partial charge in [0.15, 0.2) is 0 Å². The van der Waals surface area contributed by atoms with Crippen LogP contribution in [0.1, 0.15) is 17.5 Å². The minimum absolute atomic E-state index is 0.162. The zero-order valence-corrected chi connectivity index (χ0v) is 17.0. The molecule has 1 aliphatic heterocycles. The lowest BCUT2D eigenvalue weighted by Crippen LogP contribution is -2.31. The van der Waals surface area contributed by atoms with E-state index in [-0.39, 0.29) is 24.8 Å². The van der Waals surface area contributed by atoms with E-state index in [9.17, 15) is 9.59 Å². The van der Waals surface area contributed by atoms with Crippen LogP contribution in [0.4, 0.5) is 5.69 Å². The van der Waals surface area contributed by atoms with Crippen LogP contribution in [0.3, 0.4) is 0 Å². The van der Waals surface area contributed by atoms with Gasteiger partial charge in [-0.25, -0.2) is 0 Å². The number of nitrogens with one attached hydrogen (secondary N) is 1. The summed E-state index contributed by atoms with van der Waals surface area (Å²) in [5.74, 6) is -0.363. The third-order valence-electron chi connectivity index (χ3n) is 3.93. The first kappa shape index (κ1) is 19.6. The minimum Gasteiger partial charge on any atom is -0.326 e. The Balaban J connectivity index is 1.62. The summed E-state index contributed by atoms with van der Waals surface area (Å²) in [5.41, 5.74) is 2.57.